The van der Waals surface area contributed by atoms with Gasteiger partial charge in [0.05, 0.1) is 4.47 Å². The fourth-order valence-corrected chi connectivity index (χ4v) is 3.73. The lowest BCUT2D eigenvalue weighted by atomic mass is 9.97. The number of hydrogen-bond donors (Lipinski definition) is 1. The smallest absolute Gasteiger partial charge is 0.137 e. The van der Waals surface area contributed by atoms with Crippen molar-refractivity contribution in [1.29, 1.82) is 0 Å². The van der Waals surface area contributed by atoms with E-state index in [0.29, 0.717) is 22.5 Å². The highest BCUT2D eigenvalue weighted by Gasteiger charge is 2.39. The highest BCUT2D eigenvalue weighted by atomic mass is 79.9. The lowest BCUT2D eigenvalue weighted by molar-refractivity contribution is 0.0926. The van der Waals surface area contributed by atoms with Crippen molar-refractivity contribution in [2.75, 3.05) is 13.1 Å². The van der Waals surface area contributed by atoms with Crippen LogP contribution in [0.2, 0.25) is 0 Å². The van der Waals surface area contributed by atoms with E-state index in [-0.39, 0.29) is 5.82 Å². The lowest BCUT2D eigenvalue weighted by Crippen LogP contribution is -2.58. The van der Waals surface area contributed by atoms with Gasteiger partial charge in [-0.25, -0.2) is 4.39 Å². The van der Waals surface area contributed by atoms with Gasteiger partial charge in [0, 0.05) is 31.7 Å². The van der Waals surface area contributed by atoms with E-state index < -0.39 is 0 Å². The lowest BCUT2D eigenvalue weighted by Gasteiger charge is -2.42. The zero-order chi connectivity index (χ0) is 15.0. The summed E-state index contributed by atoms with van der Waals surface area (Å²) in [5.41, 5.74) is 1.19. The Morgan fingerprint density at radius 1 is 1.38 bits per heavy atom. The molecular weight excluding hydrogens is 331 g/mol. The van der Waals surface area contributed by atoms with Gasteiger partial charge in [0.25, 0.3) is 0 Å². The highest BCUT2D eigenvalue weighted by Crippen LogP contribution is 2.37. The third-order valence-corrected chi connectivity index (χ3v) is 5.44. The first-order valence-corrected chi connectivity index (χ1v) is 8.75. The Balaban J connectivity index is 1.73. The van der Waals surface area contributed by atoms with Gasteiger partial charge in [-0.2, -0.15) is 0 Å². The maximum absolute atomic E-state index is 13.4. The van der Waals surface area contributed by atoms with E-state index in [1.807, 2.05) is 12.1 Å². The first-order valence-electron chi connectivity index (χ1n) is 7.96. The Labute approximate surface area is 135 Å². The summed E-state index contributed by atoms with van der Waals surface area (Å²) in [5, 5.41) is 3.72. The van der Waals surface area contributed by atoms with Gasteiger partial charge in [-0.1, -0.05) is 19.9 Å². The zero-order valence-corrected chi connectivity index (χ0v) is 14.4. The maximum atomic E-state index is 13.4. The molecule has 0 bridgehead atoms. The monoisotopic (exact) mass is 354 g/mol. The van der Waals surface area contributed by atoms with Crippen molar-refractivity contribution in [2.24, 2.45) is 11.8 Å². The molecule has 4 heteroatoms. The molecule has 1 heterocycles. The van der Waals surface area contributed by atoms with Crippen LogP contribution in [0.1, 0.15) is 32.3 Å². The predicted molar refractivity (Wildman–Crippen MR) is 87.7 cm³/mol. The molecule has 3 rings (SSSR count). The first kappa shape index (κ1) is 15.4. The van der Waals surface area contributed by atoms with Gasteiger partial charge in [-0.3, -0.25) is 4.90 Å². The zero-order valence-electron chi connectivity index (χ0n) is 12.8. The second-order valence-electron chi connectivity index (χ2n) is 6.84. The summed E-state index contributed by atoms with van der Waals surface area (Å²) in [6.07, 6.45) is 2.73. The molecule has 2 atom stereocenters. The van der Waals surface area contributed by atoms with Gasteiger partial charge in [-0.15, -0.1) is 0 Å². The number of hydrogen-bond acceptors (Lipinski definition) is 2. The maximum Gasteiger partial charge on any atom is 0.137 e. The Kier molecular flexibility index (Phi) is 4.67. The molecule has 0 radical (unpaired) electrons. The fraction of sp³-hybridized carbons (Fsp3) is 0.647. The summed E-state index contributed by atoms with van der Waals surface area (Å²) in [5.74, 6) is 1.32. The number of rotatable bonds is 4. The SMILES string of the molecule is CC(C)C1CN(Cc2ccc(F)c(Br)c2)C(C2CC2)CN1. The van der Waals surface area contributed by atoms with Crippen molar-refractivity contribution in [2.45, 2.75) is 45.3 Å². The van der Waals surface area contributed by atoms with Gasteiger partial charge >= 0.3 is 0 Å². The van der Waals surface area contributed by atoms with Crippen LogP contribution >= 0.6 is 15.9 Å². The molecule has 1 saturated heterocycles. The molecule has 1 aromatic rings. The summed E-state index contributed by atoms with van der Waals surface area (Å²) >= 11 is 3.30. The standard InChI is InChI=1S/C17H24BrFN2/c1-11(2)16-10-21(17(8-20-16)13-4-5-13)9-12-3-6-15(19)14(18)7-12/h3,6-7,11,13,16-17,20H,4-5,8-10H2,1-2H3. The van der Waals surface area contributed by atoms with Crippen molar-refractivity contribution in [3.05, 3.63) is 34.1 Å². The minimum absolute atomic E-state index is 0.183. The molecule has 1 aliphatic heterocycles. The average molecular weight is 355 g/mol. The van der Waals surface area contributed by atoms with Crippen molar-refractivity contribution < 1.29 is 4.39 Å². The molecule has 0 spiro atoms. The van der Waals surface area contributed by atoms with Crippen molar-refractivity contribution in [3.8, 4) is 0 Å². The summed E-state index contributed by atoms with van der Waals surface area (Å²) in [7, 11) is 0. The fourth-order valence-electron chi connectivity index (χ4n) is 3.30. The number of nitrogens with zero attached hydrogens (tertiary/aromatic N) is 1. The second-order valence-corrected chi connectivity index (χ2v) is 7.70. The molecule has 1 saturated carbocycles. The molecule has 1 aliphatic carbocycles. The molecule has 2 aliphatic rings. The predicted octanol–water partition coefficient (Wildman–Crippen LogP) is 3.80. The van der Waals surface area contributed by atoms with Crippen LogP contribution in [0.25, 0.3) is 0 Å². The molecule has 2 nitrogen and oxygen atoms in total. The Morgan fingerprint density at radius 2 is 2.14 bits per heavy atom. The van der Waals surface area contributed by atoms with Crippen molar-refractivity contribution in [1.82, 2.24) is 10.2 Å². The number of benzene rings is 1. The molecule has 116 valence electrons. The van der Waals surface area contributed by atoms with Crippen LogP contribution < -0.4 is 5.32 Å². The van der Waals surface area contributed by atoms with Gasteiger partial charge in [0.2, 0.25) is 0 Å². The minimum atomic E-state index is -0.183. The van der Waals surface area contributed by atoms with Crippen LogP contribution in [-0.4, -0.2) is 30.1 Å². The van der Waals surface area contributed by atoms with Crippen molar-refractivity contribution >= 4 is 15.9 Å². The topological polar surface area (TPSA) is 15.3 Å². The number of halogens is 2. The van der Waals surface area contributed by atoms with Crippen LogP contribution in [0.3, 0.4) is 0 Å². The van der Waals surface area contributed by atoms with Gasteiger partial charge < -0.3 is 5.32 Å². The van der Waals surface area contributed by atoms with Crippen LogP contribution in [0.5, 0.6) is 0 Å². The van der Waals surface area contributed by atoms with E-state index in [1.54, 1.807) is 6.07 Å². The van der Waals surface area contributed by atoms with Crippen molar-refractivity contribution in [3.63, 3.8) is 0 Å². The highest BCUT2D eigenvalue weighted by molar-refractivity contribution is 9.10. The molecular formula is C17H24BrFN2. The van der Waals surface area contributed by atoms with Gasteiger partial charge in [0.1, 0.15) is 5.82 Å². The second kappa shape index (κ2) is 6.35. The van der Waals surface area contributed by atoms with Gasteiger partial charge in [-0.05, 0) is 58.3 Å². The van der Waals surface area contributed by atoms with E-state index in [1.165, 1.54) is 18.4 Å². The largest absolute Gasteiger partial charge is 0.311 e. The quantitative estimate of drug-likeness (QED) is 0.884. The number of piperazine rings is 1. The Hall–Kier alpha value is -0.450. The van der Waals surface area contributed by atoms with E-state index in [2.05, 4.69) is 40.0 Å². The normalized spacial score (nSPS) is 27.3. The van der Waals surface area contributed by atoms with Crippen LogP contribution in [0, 0.1) is 17.7 Å². The molecule has 1 N–H and O–H groups in total. The summed E-state index contributed by atoms with van der Waals surface area (Å²) in [6.45, 7) is 7.66. The van der Waals surface area contributed by atoms with E-state index >= 15 is 0 Å². The third kappa shape index (κ3) is 3.66. The minimum Gasteiger partial charge on any atom is -0.311 e. The van der Waals surface area contributed by atoms with Crippen LogP contribution in [0.4, 0.5) is 4.39 Å². The molecule has 0 aromatic heterocycles. The third-order valence-electron chi connectivity index (χ3n) is 4.83. The van der Waals surface area contributed by atoms with Crippen LogP contribution in [-0.2, 0) is 6.54 Å². The average Bonchev–Trinajstić information content (AvgIpc) is 3.27. The molecule has 2 unspecified atom stereocenters. The van der Waals surface area contributed by atoms with Crippen LogP contribution in [0.15, 0.2) is 22.7 Å². The van der Waals surface area contributed by atoms with Gasteiger partial charge in [0.15, 0.2) is 0 Å². The first-order chi connectivity index (χ1) is 10.0. The molecule has 2 fully saturated rings. The van der Waals surface area contributed by atoms with E-state index in [0.717, 1.165) is 25.6 Å². The summed E-state index contributed by atoms with van der Waals surface area (Å²) in [4.78, 5) is 2.61. The number of nitrogens with one attached hydrogen (secondary N) is 1. The molecule has 0 amide bonds. The summed E-state index contributed by atoms with van der Waals surface area (Å²) in [6, 6.07) is 6.60. The summed E-state index contributed by atoms with van der Waals surface area (Å²) < 4.78 is 14.0. The molecule has 1 aromatic carbocycles. The Morgan fingerprint density at radius 3 is 2.76 bits per heavy atom. The van der Waals surface area contributed by atoms with E-state index in [9.17, 15) is 4.39 Å². The van der Waals surface area contributed by atoms with E-state index in [4.69, 9.17) is 0 Å². The Bertz CT molecular complexity index is 502. The molecule has 21 heavy (non-hydrogen) atoms.